The van der Waals surface area contributed by atoms with E-state index in [2.05, 4.69) is 36.2 Å². The molecule has 0 amide bonds. The van der Waals surface area contributed by atoms with E-state index < -0.39 is 11.7 Å². The molecule has 0 N–H and O–H groups in total. The van der Waals surface area contributed by atoms with Crippen LogP contribution in [0.1, 0.15) is 31.9 Å². The molecule has 0 saturated carbocycles. The number of rotatable bonds is 2. The zero-order chi connectivity index (χ0) is 18.2. The number of benzene rings is 2. The van der Waals surface area contributed by atoms with Crippen molar-refractivity contribution in [2.45, 2.75) is 32.4 Å². The van der Waals surface area contributed by atoms with Crippen LogP contribution in [0, 0.1) is 0 Å². The van der Waals surface area contributed by atoms with Crippen LogP contribution >= 0.6 is 0 Å². The highest BCUT2D eigenvalue weighted by molar-refractivity contribution is 5.55. The fourth-order valence-corrected chi connectivity index (χ4v) is 2.37. The molecule has 4 nitrogen and oxygen atoms in total. The second-order valence-electron chi connectivity index (χ2n) is 6.78. The maximum absolute atomic E-state index is 12.8. The van der Waals surface area contributed by atoms with Crippen molar-refractivity contribution in [2.75, 3.05) is 0 Å². The molecule has 130 valence electrons. The summed E-state index contributed by atoms with van der Waals surface area (Å²) in [4.78, 5) is 1.10. The number of tetrazole rings is 1. The Morgan fingerprint density at radius 1 is 0.880 bits per heavy atom. The first-order chi connectivity index (χ1) is 11.6. The molecule has 0 aliphatic rings. The average molecular weight is 346 g/mol. The first-order valence-corrected chi connectivity index (χ1v) is 7.73. The zero-order valence-electron chi connectivity index (χ0n) is 14.0. The van der Waals surface area contributed by atoms with Gasteiger partial charge in [-0.25, -0.2) is 0 Å². The summed E-state index contributed by atoms with van der Waals surface area (Å²) >= 11 is 0. The van der Waals surface area contributed by atoms with Crippen molar-refractivity contribution in [2.24, 2.45) is 0 Å². The highest BCUT2D eigenvalue weighted by Gasteiger charge is 2.30. The summed E-state index contributed by atoms with van der Waals surface area (Å²) < 4.78 is 38.5. The van der Waals surface area contributed by atoms with E-state index in [1.165, 1.54) is 17.7 Å². The van der Waals surface area contributed by atoms with Gasteiger partial charge in [0.2, 0.25) is 5.82 Å². The highest BCUT2D eigenvalue weighted by atomic mass is 19.4. The molecule has 2 aromatic carbocycles. The molecule has 0 aliphatic heterocycles. The normalized spacial score (nSPS) is 12.4. The van der Waals surface area contributed by atoms with Crippen molar-refractivity contribution in [3.63, 3.8) is 0 Å². The van der Waals surface area contributed by atoms with Crippen molar-refractivity contribution in [1.29, 1.82) is 0 Å². The van der Waals surface area contributed by atoms with Gasteiger partial charge in [0.15, 0.2) is 0 Å². The average Bonchev–Trinajstić information content (AvgIpc) is 3.03. The first kappa shape index (κ1) is 17.1. The number of nitrogens with zero attached hydrogens (tertiary/aromatic N) is 4. The van der Waals surface area contributed by atoms with Crippen LogP contribution in [0.25, 0.3) is 17.1 Å². The van der Waals surface area contributed by atoms with E-state index in [0.29, 0.717) is 5.82 Å². The van der Waals surface area contributed by atoms with Crippen LogP contribution in [-0.2, 0) is 11.6 Å². The molecule has 25 heavy (non-hydrogen) atoms. The molecule has 0 fully saturated rings. The van der Waals surface area contributed by atoms with Crippen LogP contribution in [0.2, 0.25) is 0 Å². The van der Waals surface area contributed by atoms with Gasteiger partial charge in [0.25, 0.3) is 0 Å². The third kappa shape index (κ3) is 3.70. The monoisotopic (exact) mass is 346 g/mol. The minimum atomic E-state index is -4.41. The maximum Gasteiger partial charge on any atom is 0.416 e. The number of aromatic nitrogens is 4. The Hall–Kier alpha value is -2.70. The van der Waals surface area contributed by atoms with Gasteiger partial charge in [-0.15, -0.1) is 15.0 Å². The molecular formula is C18H17F3N4. The summed E-state index contributed by atoms with van der Waals surface area (Å²) in [6.07, 6.45) is -4.41. The van der Waals surface area contributed by atoms with Gasteiger partial charge in [-0.2, -0.15) is 13.2 Å². The second-order valence-corrected chi connectivity index (χ2v) is 6.78. The van der Waals surface area contributed by atoms with Gasteiger partial charge in [0.1, 0.15) is 0 Å². The van der Waals surface area contributed by atoms with Crippen molar-refractivity contribution >= 4 is 0 Å². The lowest BCUT2D eigenvalue weighted by molar-refractivity contribution is -0.137. The van der Waals surface area contributed by atoms with Crippen LogP contribution in [-0.4, -0.2) is 20.2 Å². The number of halogens is 3. The fourth-order valence-electron chi connectivity index (χ4n) is 2.37. The van der Waals surface area contributed by atoms with E-state index in [9.17, 15) is 13.2 Å². The maximum atomic E-state index is 12.8. The van der Waals surface area contributed by atoms with Gasteiger partial charge in [-0.05, 0) is 34.4 Å². The summed E-state index contributed by atoms with van der Waals surface area (Å²) in [5.74, 6) is 0.359. The van der Waals surface area contributed by atoms with E-state index >= 15 is 0 Å². The summed E-state index contributed by atoms with van der Waals surface area (Å²) in [6, 6.07) is 12.6. The molecular weight excluding hydrogens is 329 g/mol. The summed E-state index contributed by atoms with van der Waals surface area (Å²) in [7, 11) is 0. The number of alkyl halides is 3. The molecule has 1 aromatic heterocycles. The quantitative estimate of drug-likeness (QED) is 0.679. The smallest absolute Gasteiger partial charge is 0.166 e. The molecule has 3 rings (SSSR count). The Morgan fingerprint density at radius 3 is 2.16 bits per heavy atom. The molecule has 0 radical (unpaired) electrons. The van der Waals surface area contributed by atoms with E-state index in [-0.39, 0.29) is 11.1 Å². The molecule has 0 atom stereocenters. The number of hydrogen-bond acceptors (Lipinski definition) is 3. The van der Waals surface area contributed by atoms with Crippen molar-refractivity contribution in [3.8, 4) is 17.1 Å². The molecule has 0 aliphatic carbocycles. The van der Waals surface area contributed by atoms with E-state index in [1.54, 1.807) is 0 Å². The van der Waals surface area contributed by atoms with Crippen LogP contribution in [0.3, 0.4) is 0 Å². The summed E-state index contributed by atoms with van der Waals surface area (Å²) in [6.45, 7) is 6.35. The van der Waals surface area contributed by atoms with E-state index in [4.69, 9.17) is 0 Å². The van der Waals surface area contributed by atoms with Gasteiger partial charge in [-0.3, -0.25) is 0 Å². The van der Waals surface area contributed by atoms with Crippen molar-refractivity contribution in [1.82, 2.24) is 20.2 Å². The lowest BCUT2D eigenvalue weighted by Gasteiger charge is -2.18. The van der Waals surface area contributed by atoms with Crippen LogP contribution in [0.15, 0.2) is 48.5 Å². The van der Waals surface area contributed by atoms with E-state index in [1.807, 2.05) is 24.3 Å². The topological polar surface area (TPSA) is 43.6 Å². The zero-order valence-corrected chi connectivity index (χ0v) is 14.0. The van der Waals surface area contributed by atoms with Gasteiger partial charge in [0.05, 0.1) is 11.3 Å². The van der Waals surface area contributed by atoms with Crippen molar-refractivity contribution < 1.29 is 13.2 Å². The molecule has 7 heteroatoms. The predicted molar refractivity (Wildman–Crippen MR) is 88.3 cm³/mol. The second kappa shape index (κ2) is 5.98. The largest absolute Gasteiger partial charge is 0.416 e. The van der Waals surface area contributed by atoms with Crippen LogP contribution < -0.4 is 0 Å². The lowest BCUT2D eigenvalue weighted by Crippen LogP contribution is -2.10. The molecule has 0 bridgehead atoms. The molecule has 3 aromatic rings. The Bertz CT molecular complexity index is 874. The predicted octanol–water partition coefficient (Wildman–Crippen LogP) is 4.65. The number of hydrogen-bond donors (Lipinski definition) is 0. The fraction of sp³-hybridized carbons (Fsp3) is 0.278. The summed E-state index contributed by atoms with van der Waals surface area (Å²) in [5, 5.41) is 12.0. The Balaban J connectivity index is 1.91. The van der Waals surface area contributed by atoms with Gasteiger partial charge < -0.3 is 0 Å². The molecule has 0 saturated heterocycles. The SMILES string of the molecule is CC(C)(C)c1ccc(-c2nnn(-c3cccc(C(F)(F)F)c3)n2)cc1. The summed E-state index contributed by atoms with van der Waals surface area (Å²) in [5.41, 5.74) is 1.41. The molecule has 1 heterocycles. The minimum absolute atomic E-state index is 0.0294. The minimum Gasteiger partial charge on any atom is -0.166 e. The third-order valence-corrected chi connectivity index (χ3v) is 3.83. The third-order valence-electron chi connectivity index (χ3n) is 3.83. The highest BCUT2D eigenvalue weighted by Crippen LogP contribution is 2.30. The standard InChI is InChI=1S/C18H17F3N4/c1-17(2,3)13-9-7-12(8-10-13)16-22-24-25(23-16)15-6-4-5-14(11-15)18(19,20)21/h4-11H,1-3H3. The van der Waals surface area contributed by atoms with E-state index in [0.717, 1.165) is 22.5 Å². The molecule has 0 unspecified atom stereocenters. The van der Waals surface area contributed by atoms with Crippen LogP contribution in [0.5, 0.6) is 0 Å². The van der Waals surface area contributed by atoms with Gasteiger partial charge in [-0.1, -0.05) is 51.1 Å². The Labute approximate surface area is 143 Å². The Kier molecular flexibility index (Phi) is 4.10. The Morgan fingerprint density at radius 2 is 1.56 bits per heavy atom. The van der Waals surface area contributed by atoms with Gasteiger partial charge >= 0.3 is 6.18 Å². The first-order valence-electron chi connectivity index (χ1n) is 7.73. The van der Waals surface area contributed by atoms with Gasteiger partial charge in [0, 0.05) is 5.56 Å². The van der Waals surface area contributed by atoms with Crippen molar-refractivity contribution in [3.05, 3.63) is 59.7 Å². The lowest BCUT2D eigenvalue weighted by atomic mass is 9.87. The van der Waals surface area contributed by atoms with Crippen LogP contribution in [0.4, 0.5) is 13.2 Å². The molecule has 0 spiro atoms.